The summed E-state index contributed by atoms with van der Waals surface area (Å²) in [5, 5.41) is 0. The molecule has 0 amide bonds. The second-order valence-electron chi connectivity index (χ2n) is 5.95. The Morgan fingerprint density at radius 2 is 1.41 bits per heavy atom. The van der Waals surface area contributed by atoms with Gasteiger partial charge in [-0.2, -0.15) is 0 Å². The summed E-state index contributed by atoms with van der Waals surface area (Å²) in [5.41, 5.74) is 1.52. The van der Waals surface area contributed by atoms with E-state index >= 15 is 0 Å². The van der Waals surface area contributed by atoms with Crippen LogP contribution in [0.4, 0.5) is 0 Å². The van der Waals surface area contributed by atoms with Gasteiger partial charge in [-0.3, -0.25) is 4.79 Å². The third-order valence-electron chi connectivity index (χ3n) is 3.93. The lowest BCUT2D eigenvalue weighted by molar-refractivity contribution is 0.0730. The van der Waals surface area contributed by atoms with Crippen LogP contribution in [0.2, 0.25) is 0 Å². The summed E-state index contributed by atoms with van der Waals surface area (Å²) >= 11 is 0. The number of ketones is 1. The first-order valence-electron chi connectivity index (χ1n) is 8.83. The maximum absolute atomic E-state index is 12.5. The van der Waals surface area contributed by atoms with Crippen molar-refractivity contribution >= 4 is 11.8 Å². The molecule has 4 heteroatoms. The number of carbonyl (C=O) groups is 2. The van der Waals surface area contributed by atoms with Crippen LogP contribution in [0.15, 0.2) is 78.9 Å². The largest absolute Gasteiger partial charge is 0.493 e. The van der Waals surface area contributed by atoms with E-state index in [0.29, 0.717) is 34.8 Å². The predicted molar refractivity (Wildman–Crippen MR) is 104 cm³/mol. The zero-order valence-corrected chi connectivity index (χ0v) is 15.1. The van der Waals surface area contributed by atoms with E-state index in [4.69, 9.17) is 9.47 Å². The lowest BCUT2D eigenvalue weighted by Gasteiger charge is -2.10. The van der Waals surface area contributed by atoms with Crippen molar-refractivity contribution in [1.82, 2.24) is 0 Å². The second kappa shape index (κ2) is 8.81. The van der Waals surface area contributed by atoms with E-state index in [9.17, 15) is 9.59 Å². The lowest BCUT2D eigenvalue weighted by atomic mass is 10.0. The molecule has 3 rings (SSSR count). The summed E-state index contributed by atoms with van der Waals surface area (Å²) < 4.78 is 11.0. The van der Waals surface area contributed by atoms with Crippen molar-refractivity contribution in [2.75, 3.05) is 6.61 Å². The SMILES string of the molecule is CCCOc1ccccc1C(=O)Oc1ccc(C(=O)c2ccccc2)cc1. The van der Waals surface area contributed by atoms with Gasteiger partial charge in [0, 0.05) is 11.1 Å². The number of hydrogen-bond acceptors (Lipinski definition) is 4. The molecular weight excluding hydrogens is 340 g/mol. The first kappa shape index (κ1) is 18.4. The van der Waals surface area contributed by atoms with Crippen molar-refractivity contribution in [2.45, 2.75) is 13.3 Å². The monoisotopic (exact) mass is 360 g/mol. The quantitative estimate of drug-likeness (QED) is 0.341. The number of para-hydroxylation sites is 1. The molecular formula is C23H20O4. The van der Waals surface area contributed by atoms with Gasteiger partial charge < -0.3 is 9.47 Å². The Hall–Kier alpha value is -3.40. The zero-order valence-electron chi connectivity index (χ0n) is 15.1. The summed E-state index contributed by atoms with van der Waals surface area (Å²) in [4.78, 5) is 24.9. The number of esters is 1. The minimum atomic E-state index is -0.496. The lowest BCUT2D eigenvalue weighted by Crippen LogP contribution is -2.11. The van der Waals surface area contributed by atoms with Crippen molar-refractivity contribution < 1.29 is 19.1 Å². The fraction of sp³-hybridized carbons (Fsp3) is 0.130. The summed E-state index contributed by atoms with van der Waals surface area (Å²) in [6.45, 7) is 2.53. The van der Waals surface area contributed by atoms with Crippen molar-refractivity contribution in [3.05, 3.63) is 95.6 Å². The molecule has 0 aromatic heterocycles. The average Bonchev–Trinajstić information content (AvgIpc) is 2.73. The Morgan fingerprint density at radius 1 is 0.778 bits per heavy atom. The van der Waals surface area contributed by atoms with Gasteiger partial charge in [-0.25, -0.2) is 4.79 Å². The van der Waals surface area contributed by atoms with Crippen molar-refractivity contribution in [3.63, 3.8) is 0 Å². The molecule has 0 aliphatic carbocycles. The van der Waals surface area contributed by atoms with E-state index in [0.717, 1.165) is 6.42 Å². The van der Waals surface area contributed by atoms with Crippen molar-refractivity contribution in [2.24, 2.45) is 0 Å². The van der Waals surface area contributed by atoms with Crippen LogP contribution >= 0.6 is 0 Å². The van der Waals surface area contributed by atoms with Gasteiger partial charge in [0.1, 0.15) is 17.1 Å². The molecule has 3 aromatic carbocycles. The number of ether oxygens (including phenoxy) is 2. The van der Waals surface area contributed by atoms with E-state index in [1.165, 1.54) is 0 Å². The fourth-order valence-corrected chi connectivity index (χ4v) is 2.57. The van der Waals surface area contributed by atoms with E-state index in [1.807, 2.05) is 31.2 Å². The molecule has 0 N–H and O–H groups in total. The van der Waals surface area contributed by atoms with Gasteiger partial charge in [-0.05, 0) is 42.8 Å². The van der Waals surface area contributed by atoms with Crippen LogP contribution in [0.25, 0.3) is 0 Å². The van der Waals surface area contributed by atoms with Gasteiger partial charge >= 0.3 is 5.97 Å². The van der Waals surface area contributed by atoms with Crippen LogP contribution in [0, 0.1) is 0 Å². The average molecular weight is 360 g/mol. The molecule has 27 heavy (non-hydrogen) atoms. The molecule has 0 fully saturated rings. The van der Waals surface area contributed by atoms with Gasteiger partial charge in [0.05, 0.1) is 6.61 Å². The van der Waals surface area contributed by atoms with Crippen LogP contribution in [0.3, 0.4) is 0 Å². The summed E-state index contributed by atoms with van der Waals surface area (Å²) in [6.07, 6.45) is 0.848. The van der Waals surface area contributed by atoms with Crippen molar-refractivity contribution in [3.8, 4) is 11.5 Å². The van der Waals surface area contributed by atoms with Crippen LogP contribution in [-0.4, -0.2) is 18.4 Å². The Bertz CT molecular complexity index is 915. The van der Waals surface area contributed by atoms with Crippen LogP contribution in [-0.2, 0) is 0 Å². The summed E-state index contributed by atoms with van der Waals surface area (Å²) in [7, 11) is 0. The third-order valence-corrected chi connectivity index (χ3v) is 3.93. The highest BCUT2D eigenvalue weighted by Gasteiger charge is 2.15. The minimum absolute atomic E-state index is 0.0770. The topological polar surface area (TPSA) is 52.6 Å². The number of carbonyl (C=O) groups excluding carboxylic acids is 2. The van der Waals surface area contributed by atoms with Gasteiger partial charge in [-0.1, -0.05) is 49.4 Å². The second-order valence-corrected chi connectivity index (χ2v) is 5.95. The Morgan fingerprint density at radius 3 is 2.11 bits per heavy atom. The first-order chi connectivity index (χ1) is 13.2. The van der Waals surface area contributed by atoms with Gasteiger partial charge in [0.15, 0.2) is 5.78 Å². The Labute approximate surface area is 158 Å². The molecule has 0 unspecified atom stereocenters. The minimum Gasteiger partial charge on any atom is -0.493 e. The molecule has 0 heterocycles. The number of rotatable bonds is 7. The third kappa shape index (κ3) is 4.61. The first-order valence-corrected chi connectivity index (χ1v) is 8.83. The highest BCUT2D eigenvalue weighted by molar-refractivity contribution is 6.09. The molecule has 4 nitrogen and oxygen atoms in total. The smallest absolute Gasteiger partial charge is 0.347 e. The number of hydrogen-bond donors (Lipinski definition) is 0. The van der Waals surface area contributed by atoms with Gasteiger partial charge in [-0.15, -0.1) is 0 Å². The molecule has 0 saturated heterocycles. The zero-order chi connectivity index (χ0) is 19.1. The van der Waals surface area contributed by atoms with Crippen LogP contribution in [0.1, 0.15) is 39.6 Å². The Balaban J connectivity index is 1.72. The predicted octanol–water partition coefficient (Wildman–Crippen LogP) is 4.93. The molecule has 0 radical (unpaired) electrons. The van der Waals surface area contributed by atoms with E-state index < -0.39 is 5.97 Å². The van der Waals surface area contributed by atoms with Gasteiger partial charge in [0.2, 0.25) is 0 Å². The fourth-order valence-electron chi connectivity index (χ4n) is 2.57. The molecule has 0 atom stereocenters. The Kier molecular flexibility index (Phi) is 6.00. The van der Waals surface area contributed by atoms with E-state index in [-0.39, 0.29) is 5.78 Å². The van der Waals surface area contributed by atoms with Crippen LogP contribution in [0.5, 0.6) is 11.5 Å². The summed E-state index contributed by atoms with van der Waals surface area (Å²) in [5.74, 6) is 0.297. The van der Waals surface area contributed by atoms with Crippen LogP contribution < -0.4 is 9.47 Å². The molecule has 0 saturated carbocycles. The number of benzene rings is 3. The molecule has 0 aliphatic heterocycles. The molecule has 3 aromatic rings. The van der Waals surface area contributed by atoms with E-state index in [1.54, 1.807) is 54.6 Å². The van der Waals surface area contributed by atoms with E-state index in [2.05, 4.69) is 0 Å². The standard InChI is InChI=1S/C23H20O4/c1-2-16-26-21-11-7-6-10-20(21)23(25)27-19-14-12-18(13-15-19)22(24)17-8-4-3-5-9-17/h3-15H,2,16H2,1H3. The molecule has 136 valence electrons. The highest BCUT2D eigenvalue weighted by Crippen LogP contribution is 2.22. The maximum Gasteiger partial charge on any atom is 0.347 e. The van der Waals surface area contributed by atoms with Gasteiger partial charge in [0.25, 0.3) is 0 Å². The molecule has 0 bridgehead atoms. The highest BCUT2D eigenvalue weighted by atomic mass is 16.5. The maximum atomic E-state index is 12.5. The molecule has 0 spiro atoms. The summed E-state index contributed by atoms with van der Waals surface area (Å²) in [6, 6.07) is 22.6. The van der Waals surface area contributed by atoms with Crippen molar-refractivity contribution in [1.29, 1.82) is 0 Å². The molecule has 0 aliphatic rings. The normalized spacial score (nSPS) is 10.3.